The van der Waals surface area contributed by atoms with Gasteiger partial charge in [0.05, 0.1) is 25.4 Å². The maximum absolute atomic E-state index is 10.3. The second-order valence-electron chi connectivity index (χ2n) is 8.07. The standard InChI is InChI=1S/C25H36N4O2/c1-3-26-25(27-13-12-24(30)23-10-5-4-6-11-23)28-17-21-8-7-9-22(16-21)19-29-14-15-31-20(2)18-29/h4-11,16,20,24,30H,3,12-15,17-19H2,1-2H3,(H2,26,27,28). The molecular weight excluding hydrogens is 388 g/mol. The monoisotopic (exact) mass is 424 g/mol. The molecule has 0 aromatic heterocycles. The second-order valence-corrected chi connectivity index (χ2v) is 8.07. The zero-order valence-electron chi connectivity index (χ0n) is 18.8. The molecule has 1 aliphatic rings. The smallest absolute Gasteiger partial charge is 0.191 e. The predicted octanol–water partition coefficient (Wildman–Crippen LogP) is 3.09. The van der Waals surface area contributed by atoms with Crippen LogP contribution in [-0.2, 0) is 17.8 Å². The summed E-state index contributed by atoms with van der Waals surface area (Å²) in [5.74, 6) is 0.773. The lowest BCUT2D eigenvalue weighted by atomic mass is 10.1. The van der Waals surface area contributed by atoms with Crippen molar-refractivity contribution in [2.24, 2.45) is 4.99 Å². The van der Waals surface area contributed by atoms with E-state index in [1.807, 2.05) is 30.3 Å². The number of aliphatic imine (C=N–C) groups is 1. The number of hydrogen-bond acceptors (Lipinski definition) is 4. The van der Waals surface area contributed by atoms with Gasteiger partial charge in [0.1, 0.15) is 0 Å². The maximum Gasteiger partial charge on any atom is 0.191 e. The number of ether oxygens (including phenoxy) is 1. The number of nitrogens with one attached hydrogen (secondary N) is 2. The van der Waals surface area contributed by atoms with E-state index in [0.29, 0.717) is 25.6 Å². The first-order valence-corrected chi connectivity index (χ1v) is 11.3. The number of benzene rings is 2. The third-order valence-corrected chi connectivity index (χ3v) is 5.38. The summed E-state index contributed by atoms with van der Waals surface area (Å²) in [6.45, 7) is 9.96. The molecule has 2 aromatic carbocycles. The van der Waals surface area contributed by atoms with Gasteiger partial charge in [-0.05, 0) is 37.0 Å². The van der Waals surface area contributed by atoms with Crippen molar-refractivity contribution < 1.29 is 9.84 Å². The van der Waals surface area contributed by atoms with E-state index in [-0.39, 0.29) is 0 Å². The molecule has 1 fully saturated rings. The lowest BCUT2D eigenvalue weighted by Crippen LogP contribution is -2.40. The van der Waals surface area contributed by atoms with E-state index in [1.54, 1.807) is 0 Å². The molecule has 2 unspecified atom stereocenters. The van der Waals surface area contributed by atoms with Crippen LogP contribution in [0.15, 0.2) is 59.6 Å². The van der Waals surface area contributed by atoms with Crippen molar-refractivity contribution in [1.29, 1.82) is 0 Å². The SMILES string of the molecule is CCNC(=NCc1cccc(CN2CCOC(C)C2)c1)NCCC(O)c1ccccc1. The van der Waals surface area contributed by atoms with Crippen LogP contribution >= 0.6 is 0 Å². The number of guanidine groups is 1. The summed E-state index contributed by atoms with van der Waals surface area (Å²) in [6.07, 6.45) is 0.453. The molecule has 0 amide bonds. The zero-order chi connectivity index (χ0) is 21.9. The molecule has 2 aromatic rings. The van der Waals surface area contributed by atoms with Crippen LogP contribution in [0.1, 0.15) is 43.1 Å². The number of nitrogens with zero attached hydrogens (tertiary/aromatic N) is 2. The number of aliphatic hydroxyl groups is 1. The van der Waals surface area contributed by atoms with Crippen molar-refractivity contribution in [2.45, 2.75) is 45.6 Å². The van der Waals surface area contributed by atoms with Crippen molar-refractivity contribution in [3.8, 4) is 0 Å². The third kappa shape index (κ3) is 7.98. The van der Waals surface area contributed by atoms with E-state index in [2.05, 4.69) is 53.6 Å². The second kappa shape index (κ2) is 12.4. The van der Waals surface area contributed by atoms with Crippen LogP contribution in [-0.4, -0.2) is 54.9 Å². The van der Waals surface area contributed by atoms with Crippen molar-refractivity contribution in [3.63, 3.8) is 0 Å². The van der Waals surface area contributed by atoms with Gasteiger partial charge in [0, 0.05) is 32.7 Å². The van der Waals surface area contributed by atoms with E-state index in [0.717, 1.165) is 44.3 Å². The van der Waals surface area contributed by atoms with Crippen LogP contribution in [0.4, 0.5) is 0 Å². The van der Waals surface area contributed by atoms with Crippen LogP contribution in [0.3, 0.4) is 0 Å². The number of aliphatic hydroxyl groups excluding tert-OH is 1. The molecular formula is C25H36N4O2. The summed E-state index contributed by atoms with van der Waals surface area (Å²) in [5, 5.41) is 17.0. The van der Waals surface area contributed by atoms with Crippen molar-refractivity contribution in [2.75, 3.05) is 32.8 Å². The van der Waals surface area contributed by atoms with Gasteiger partial charge >= 0.3 is 0 Å². The van der Waals surface area contributed by atoms with Crippen molar-refractivity contribution in [3.05, 3.63) is 71.3 Å². The minimum absolute atomic E-state index is 0.302. The highest BCUT2D eigenvalue weighted by Crippen LogP contribution is 2.15. The summed E-state index contributed by atoms with van der Waals surface area (Å²) >= 11 is 0. The molecule has 31 heavy (non-hydrogen) atoms. The average Bonchev–Trinajstić information content (AvgIpc) is 2.78. The molecule has 3 N–H and O–H groups in total. The summed E-state index contributed by atoms with van der Waals surface area (Å²) in [7, 11) is 0. The normalized spacial score (nSPS) is 18.5. The minimum atomic E-state index is -0.476. The summed E-state index contributed by atoms with van der Waals surface area (Å²) in [4.78, 5) is 7.18. The van der Waals surface area contributed by atoms with Gasteiger partial charge in [-0.25, -0.2) is 4.99 Å². The first kappa shape index (κ1) is 23.3. The molecule has 3 rings (SSSR count). The van der Waals surface area contributed by atoms with Crippen LogP contribution in [0, 0.1) is 0 Å². The molecule has 168 valence electrons. The Hall–Kier alpha value is -2.41. The number of rotatable bonds is 9. The minimum Gasteiger partial charge on any atom is -0.388 e. The molecule has 1 heterocycles. The van der Waals surface area contributed by atoms with Gasteiger partial charge in [-0.1, -0.05) is 54.6 Å². The Bertz CT molecular complexity index is 812. The van der Waals surface area contributed by atoms with Crippen molar-refractivity contribution >= 4 is 5.96 Å². The van der Waals surface area contributed by atoms with Gasteiger partial charge < -0.3 is 20.5 Å². The first-order valence-electron chi connectivity index (χ1n) is 11.3. The molecule has 0 bridgehead atoms. The van der Waals surface area contributed by atoms with E-state index < -0.39 is 6.10 Å². The highest BCUT2D eigenvalue weighted by Gasteiger charge is 2.16. The van der Waals surface area contributed by atoms with Crippen LogP contribution in [0.25, 0.3) is 0 Å². The van der Waals surface area contributed by atoms with Crippen molar-refractivity contribution in [1.82, 2.24) is 15.5 Å². The van der Waals surface area contributed by atoms with E-state index in [9.17, 15) is 5.11 Å². The summed E-state index contributed by atoms with van der Waals surface area (Å²) < 4.78 is 5.64. The molecule has 0 aliphatic carbocycles. The fourth-order valence-corrected chi connectivity index (χ4v) is 3.80. The van der Waals surface area contributed by atoms with Crippen LogP contribution in [0.2, 0.25) is 0 Å². The Balaban J connectivity index is 1.51. The topological polar surface area (TPSA) is 69.1 Å². The molecule has 0 radical (unpaired) electrons. The van der Waals surface area contributed by atoms with Gasteiger partial charge in [-0.15, -0.1) is 0 Å². The third-order valence-electron chi connectivity index (χ3n) is 5.38. The Labute approximate surface area is 186 Å². The summed E-state index contributed by atoms with van der Waals surface area (Å²) in [6, 6.07) is 18.4. The fraction of sp³-hybridized carbons (Fsp3) is 0.480. The van der Waals surface area contributed by atoms with Gasteiger partial charge in [0.25, 0.3) is 0 Å². The van der Waals surface area contributed by atoms with Crippen LogP contribution in [0.5, 0.6) is 0 Å². The highest BCUT2D eigenvalue weighted by atomic mass is 16.5. The van der Waals surface area contributed by atoms with E-state index in [1.165, 1.54) is 11.1 Å². The van der Waals surface area contributed by atoms with Gasteiger partial charge in [-0.2, -0.15) is 0 Å². The molecule has 1 aliphatic heterocycles. The lowest BCUT2D eigenvalue weighted by molar-refractivity contribution is -0.0212. The number of morpholine rings is 1. The Morgan fingerprint density at radius 3 is 2.74 bits per heavy atom. The predicted molar refractivity (Wildman–Crippen MR) is 126 cm³/mol. The van der Waals surface area contributed by atoms with Gasteiger partial charge in [0.15, 0.2) is 5.96 Å². The molecule has 0 spiro atoms. The Morgan fingerprint density at radius 2 is 1.97 bits per heavy atom. The largest absolute Gasteiger partial charge is 0.388 e. The molecule has 0 saturated carbocycles. The zero-order valence-corrected chi connectivity index (χ0v) is 18.8. The van der Waals surface area contributed by atoms with Crippen LogP contribution < -0.4 is 10.6 Å². The van der Waals surface area contributed by atoms with Gasteiger partial charge in [-0.3, -0.25) is 4.90 Å². The first-order chi connectivity index (χ1) is 15.1. The Kier molecular flexibility index (Phi) is 9.34. The van der Waals surface area contributed by atoms with Gasteiger partial charge in [0.2, 0.25) is 0 Å². The Morgan fingerprint density at radius 1 is 1.16 bits per heavy atom. The van der Waals surface area contributed by atoms with E-state index >= 15 is 0 Å². The molecule has 6 nitrogen and oxygen atoms in total. The quantitative estimate of drug-likeness (QED) is 0.426. The molecule has 2 atom stereocenters. The highest BCUT2D eigenvalue weighted by molar-refractivity contribution is 5.79. The molecule has 1 saturated heterocycles. The maximum atomic E-state index is 10.3. The lowest BCUT2D eigenvalue weighted by Gasteiger charge is -2.31. The summed E-state index contributed by atoms with van der Waals surface area (Å²) in [5.41, 5.74) is 3.45. The average molecular weight is 425 g/mol. The molecule has 6 heteroatoms. The van der Waals surface area contributed by atoms with E-state index in [4.69, 9.17) is 9.73 Å². The number of hydrogen-bond donors (Lipinski definition) is 3. The fourth-order valence-electron chi connectivity index (χ4n) is 3.80.